The summed E-state index contributed by atoms with van der Waals surface area (Å²) >= 11 is 0. The molecule has 1 aromatic carbocycles. The second kappa shape index (κ2) is 4.44. The van der Waals surface area contributed by atoms with Crippen LogP contribution in [-0.2, 0) is 0 Å². The number of rotatable bonds is 2. The standard InChI is InChI=1S/C15H20O2/c1-6-9(2)7-13-10(3)11(4)14-15(12(13)5)17-8-16-14/h7H,6,8H2,1-5H3/b9-7+. The van der Waals surface area contributed by atoms with Gasteiger partial charge in [-0.05, 0) is 50.8 Å². The summed E-state index contributed by atoms with van der Waals surface area (Å²) in [5.41, 5.74) is 6.34. The van der Waals surface area contributed by atoms with Gasteiger partial charge in [0.05, 0.1) is 0 Å². The summed E-state index contributed by atoms with van der Waals surface area (Å²) in [5.74, 6) is 1.84. The molecule has 0 aliphatic carbocycles. The number of benzene rings is 1. The first-order valence-electron chi connectivity index (χ1n) is 6.12. The van der Waals surface area contributed by atoms with Gasteiger partial charge in [-0.25, -0.2) is 0 Å². The van der Waals surface area contributed by atoms with E-state index in [1.54, 1.807) is 0 Å². The zero-order chi connectivity index (χ0) is 12.6. The first kappa shape index (κ1) is 12.0. The normalized spacial score (nSPS) is 14.3. The van der Waals surface area contributed by atoms with Gasteiger partial charge < -0.3 is 9.47 Å². The van der Waals surface area contributed by atoms with Crippen LogP contribution in [0.1, 0.15) is 42.5 Å². The molecule has 0 radical (unpaired) electrons. The van der Waals surface area contributed by atoms with Crippen LogP contribution in [0.2, 0.25) is 0 Å². The van der Waals surface area contributed by atoms with E-state index >= 15 is 0 Å². The second-order valence-corrected chi connectivity index (χ2v) is 4.70. The van der Waals surface area contributed by atoms with E-state index in [0.717, 1.165) is 17.9 Å². The molecule has 0 N–H and O–H groups in total. The summed E-state index contributed by atoms with van der Waals surface area (Å²) in [6.07, 6.45) is 3.34. The lowest BCUT2D eigenvalue weighted by atomic mass is 9.94. The van der Waals surface area contributed by atoms with Crippen LogP contribution < -0.4 is 9.47 Å². The molecule has 2 heteroatoms. The maximum Gasteiger partial charge on any atom is 0.231 e. The lowest BCUT2D eigenvalue weighted by Gasteiger charge is -2.13. The van der Waals surface area contributed by atoms with Crippen LogP contribution in [0.25, 0.3) is 6.08 Å². The predicted octanol–water partition coefficient (Wildman–Crippen LogP) is 4.15. The van der Waals surface area contributed by atoms with Gasteiger partial charge in [0.15, 0.2) is 11.5 Å². The third-order valence-corrected chi connectivity index (χ3v) is 3.61. The van der Waals surface area contributed by atoms with Crippen molar-refractivity contribution < 1.29 is 9.47 Å². The quantitative estimate of drug-likeness (QED) is 0.762. The average molecular weight is 232 g/mol. The highest BCUT2D eigenvalue weighted by Crippen LogP contribution is 2.43. The van der Waals surface area contributed by atoms with Gasteiger partial charge in [0.1, 0.15) is 0 Å². The first-order chi connectivity index (χ1) is 8.06. The van der Waals surface area contributed by atoms with E-state index in [4.69, 9.17) is 9.47 Å². The Balaban J connectivity index is 2.65. The maximum atomic E-state index is 5.57. The van der Waals surface area contributed by atoms with Crippen molar-refractivity contribution in [2.45, 2.75) is 41.0 Å². The minimum atomic E-state index is 0.344. The van der Waals surface area contributed by atoms with Gasteiger partial charge in [-0.15, -0.1) is 0 Å². The lowest BCUT2D eigenvalue weighted by Crippen LogP contribution is -1.94. The van der Waals surface area contributed by atoms with Gasteiger partial charge in [-0.2, -0.15) is 0 Å². The third kappa shape index (κ3) is 1.92. The van der Waals surface area contributed by atoms with Gasteiger partial charge >= 0.3 is 0 Å². The second-order valence-electron chi connectivity index (χ2n) is 4.70. The van der Waals surface area contributed by atoms with Crippen LogP contribution in [-0.4, -0.2) is 6.79 Å². The fraction of sp³-hybridized carbons (Fsp3) is 0.467. The summed E-state index contributed by atoms with van der Waals surface area (Å²) in [6.45, 7) is 11.0. The summed E-state index contributed by atoms with van der Waals surface area (Å²) in [4.78, 5) is 0. The zero-order valence-electron chi connectivity index (χ0n) is 11.3. The molecule has 0 atom stereocenters. The molecule has 17 heavy (non-hydrogen) atoms. The highest BCUT2D eigenvalue weighted by Gasteiger charge is 2.23. The molecule has 0 unspecified atom stereocenters. The van der Waals surface area contributed by atoms with Crippen LogP contribution in [0.15, 0.2) is 5.57 Å². The van der Waals surface area contributed by atoms with Crippen molar-refractivity contribution in [1.82, 2.24) is 0 Å². The Morgan fingerprint density at radius 3 is 2.24 bits per heavy atom. The van der Waals surface area contributed by atoms with Gasteiger partial charge in [0.25, 0.3) is 0 Å². The summed E-state index contributed by atoms with van der Waals surface area (Å²) in [7, 11) is 0. The molecule has 1 heterocycles. The Labute approximate surface area is 103 Å². The Hall–Kier alpha value is -1.44. The van der Waals surface area contributed by atoms with Crippen LogP contribution in [0.5, 0.6) is 11.5 Å². The molecule has 1 aliphatic heterocycles. The SMILES string of the molecule is CC/C(C)=C/c1c(C)c(C)c2c(c1C)OCO2. The molecule has 0 saturated carbocycles. The third-order valence-electron chi connectivity index (χ3n) is 3.61. The minimum absolute atomic E-state index is 0.344. The molecule has 0 aromatic heterocycles. The molecule has 0 bridgehead atoms. The molecule has 1 aliphatic rings. The number of hydrogen-bond acceptors (Lipinski definition) is 2. The van der Waals surface area contributed by atoms with Crippen molar-refractivity contribution in [3.63, 3.8) is 0 Å². The van der Waals surface area contributed by atoms with Crippen molar-refractivity contribution in [1.29, 1.82) is 0 Å². The van der Waals surface area contributed by atoms with Crippen LogP contribution in [0.3, 0.4) is 0 Å². The number of ether oxygens (including phenoxy) is 2. The van der Waals surface area contributed by atoms with E-state index < -0.39 is 0 Å². The largest absolute Gasteiger partial charge is 0.453 e. The van der Waals surface area contributed by atoms with Crippen molar-refractivity contribution in [3.8, 4) is 11.5 Å². The molecular weight excluding hydrogens is 212 g/mol. The molecular formula is C15H20O2. The molecule has 0 spiro atoms. The fourth-order valence-electron chi connectivity index (χ4n) is 2.18. The number of allylic oxidation sites excluding steroid dienone is 1. The van der Waals surface area contributed by atoms with E-state index in [1.165, 1.54) is 27.8 Å². The molecule has 0 amide bonds. The van der Waals surface area contributed by atoms with Crippen LogP contribution >= 0.6 is 0 Å². The lowest BCUT2D eigenvalue weighted by molar-refractivity contribution is 0.173. The molecule has 1 aromatic rings. The zero-order valence-corrected chi connectivity index (χ0v) is 11.3. The summed E-state index contributed by atoms with van der Waals surface area (Å²) < 4.78 is 11.1. The van der Waals surface area contributed by atoms with Gasteiger partial charge in [0, 0.05) is 5.56 Å². The molecule has 2 nitrogen and oxygen atoms in total. The molecule has 0 fully saturated rings. The van der Waals surface area contributed by atoms with Crippen molar-refractivity contribution in [2.75, 3.05) is 6.79 Å². The van der Waals surface area contributed by atoms with E-state index in [-0.39, 0.29) is 0 Å². The first-order valence-corrected chi connectivity index (χ1v) is 6.12. The maximum absolute atomic E-state index is 5.57. The van der Waals surface area contributed by atoms with Crippen LogP contribution in [0.4, 0.5) is 0 Å². The van der Waals surface area contributed by atoms with Crippen LogP contribution in [0, 0.1) is 20.8 Å². The van der Waals surface area contributed by atoms with E-state index in [1.807, 2.05) is 0 Å². The van der Waals surface area contributed by atoms with E-state index in [2.05, 4.69) is 40.7 Å². The van der Waals surface area contributed by atoms with E-state index in [0.29, 0.717) is 6.79 Å². The summed E-state index contributed by atoms with van der Waals surface area (Å²) in [5, 5.41) is 0. The van der Waals surface area contributed by atoms with Crippen molar-refractivity contribution >= 4 is 6.08 Å². The molecule has 2 rings (SSSR count). The average Bonchev–Trinajstić information content (AvgIpc) is 2.80. The van der Waals surface area contributed by atoms with Gasteiger partial charge in [0.2, 0.25) is 6.79 Å². The highest BCUT2D eigenvalue weighted by molar-refractivity contribution is 5.69. The molecule has 0 saturated heterocycles. The Morgan fingerprint density at radius 2 is 1.65 bits per heavy atom. The minimum Gasteiger partial charge on any atom is -0.453 e. The monoisotopic (exact) mass is 232 g/mol. The van der Waals surface area contributed by atoms with Gasteiger partial charge in [-0.1, -0.05) is 18.6 Å². The number of fused-ring (bicyclic) bond motifs is 1. The smallest absolute Gasteiger partial charge is 0.231 e. The highest BCUT2D eigenvalue weighted by atomic mass is 16.7. The Morgan fingerprint density at radius 1 is 1.06 bits per heavy atom. The molecule has 92 valence electrons. The van der Waals surface area contributed by atoms with Crippen molar-refractivity contribution in [2.24, 2.45) is 0 Å². The summed E-state index contributed by atoms with van der Waals surface area (Å²) in [6, 6.07) is 0. The van der Waals surface area contributed by atoms with Crippen molar-refractivity contribution in [3.05, 3.63) is 27.8 Å². The topological polar surface area (TPSA) is 18.5 Å². The van der Waals surface area contributed by atoms with E-state index in [9.17, 15) is 0 Å². The Kier molecular flexibility index (Phi) is 3.14. The van der Waals surface area contributed by atoms with Gasteiger partial charge in [-0.3, -0.25) is 0 Å². The fourth-order valence-corrected chi connectivity index (χ4v) is 2.18. The Bertz CT molecular complexity index is 484. The number of hydrogen-bond donors (Lipinski definition) is 0. The predicted molar refractivity (Wildman–Crippen MR) is 70.7 cm³/mol.